The van der Waals surface area contributed by atoms with E-state index in [1.165, 1.54) is 32.5 Å². The number of fused-ring (bicyclic) bond motifs is 1. The van der Waals surface area contributed by atoms with Crippen LogP contribution in [-0.2, 0) is 14.3 Å². The van der Waals surface area contributed by atoms with Crippen LogP contribution in [0.3, 0.4) is 0 Å². The number of anilines is 2. The van der Waals surface area contributed by atoms with E-state index in [1.54, 1.807) is 24.3 Å². The van der Waals surface area contributed by atoms with Crippen LogP contribution in [0.15, 0.2) is 48.5 Å². The van der Waals surface area contributed by atoms with Crippen molar-refractivity contribution in [1.29, 1.82) is 0 Å². The molecule has 3 N–H and O–H groups in total. The summed E-state index contributed by atoms with van der Waals surface area (Å²) in [5.74, 6) is -0.538. The van der Waals surface area contributed by atoms with Gasteiger partial charge >= 0.3 is 0 Å². The smallest absolute Gasteiger partial charge is 0.290 e. The van der Waals surface area contributed by atoms with Crippen molar-refractivity contribution in [2.45, 2.75) is 6.92 Å². The van der Waals surface area contributed by atoms with E-state index in [9.17, 15) is 9.59 Å². The second-order valence-corrected chi connectivity index (χ2v) is 6.92. The standard InChI is InChI=1S/C20H17Cl2N5O3/c1-11(28)25-20-23-9-14(10-24-20)27-19(29)18(30-2)5-3-4-13-6-12-7-15(21)16(22)8-17(12)26-13/h3-10,26H,1-2H3,(H,27,29)(H,23,24,25,28)/b4-3+,18-5+. The molecule has 0 saturated heterocycles. The van der Waals surface area contributed by atoms with Crippen molar-refractivity contribution in [2.24, 2.45) is 0 Å². The summed E-state index contributed by atoms with van der Waals surface area (Å²) in [6.45, 7) is 1.35. The van der Waals surface area contributed by atoms with Gasteiger partial charge in [0.25, 0.3) is 5.91 Å². The first kappa shape index (κ1) is 21.4. The van der Waals surface area contributed by atoms with E-state index in [4.69, 9.17) is 27.9 Å². The lowest BCUT2D eigenvalue weighted by molar-refractivity contribution is -0.116. The van der Waals surface area contributed by atoms with Gasteiger partial charge in [0.1, 0.15) is 0 Å². The van der Waals surface area contributed by atoms with Gasteiger partial charge in [-0.25, -0.2) is 9.97 Å². The number of aromatic nitrogens is 3. The third-order valence-electron chi connectivity index (χ3n) is 3.85. The van der Waals surface area contributed by atoms with E-state index in [-0.39, 0.29) is 17.6 Å². The van der Waals surface area contributed by atoms with Crippen molar-refractivity contribution >= 4 is 63.6 Å². The number of ether oxygens (including phenoxy) is 1. The van der Waals surface area contributed by atoms with Crippen molar-refractivity contribution in [1.82, 2.24) is 15.0 Å². The Balaban J connectivity index is 1.68. The first-order valence-electron chi connectivity index (χ1n) is 8.67. The zero-order valence-electron chi connectivity index (χ0n) is 16.0. The molecule has 0 bridgehead atoms. The number of H-pyrrole nitrogens is 1. The molecule has 3 aromatic rings. The second-order valence-electron chi connectivity index (χ2n) is 6.10. The minimum atomic E-state index is -0.478. The molecule has 10 heteroatoms. The van der Waals surface area contributed by atoms with Crippen LogP contribution in [0.25, 0.3) is 17.0 Å². The molecule has 0 spiro atoms. The molecular weight excluding hydrogens is 429 g/mol. The molecule has 0 radical (unpaired) electrons. The number of hydrogen-bond acceptors (Lipinski definition) is 5. The molecule has 154 valence electrons. The molecule has 0 unspecified atom stereocenters. The average molecular weight is 446 g/mol. The summed E-state index contributed by atoms with van der Waals surface area (Å²) in [4.78, 5) is 34.4. The van der Waals surface area contributed by atoms with Crippen molar-refractivity contribution in [3.05, 3.63) is 64.2 Å². The number of amides is 2. The Morgan fingerprint density at radius 2 is 1.80 bits per heavy atom. The van der Waals surface area contributed by atoms with Crippen LogP contribution in [0.1, 0.15) is 12.6 Å². The van der Waals surface area contributed by atoms with Gasteiger partial charge in [-0.1, -0.05) is 29.3 Å². The quantitative estimate of drug-likeness (QED) is 0.295. The fourth-order valence-corrected chi connectivity index (χ4v) is 2.86. The average Bonchev–Trinajstić information content (AvgIpc) is 3.08. The van der Waals surface area contributed by atoms with E-state index < -0.39 is 5.91 Å². The molecule has 0 aliphatic rings. The van der Waals surface area contributed by atoms with Crippen LogP contribution in [0.4, 0.5) is 11.6 Å². The zero-order chi connectivity index (χ0) is 21.7. The molecule has 0 atom stereocenters. The van der Waals surface area contributed by atoms with E-state index in [0.29, 0.717) is 15.7 Å². The van der Waals surface area contributed by atoms with Gasteiger partial charge in [-0.2, -0.15) is 0 Å². The molecule has 0 aliphatic carbocycles. The predicted octanol–water partition coefficient (Wildman–Crippen LogP) is 4.41. The number of carbonyl (C=O) groups excluding carboxylic acids is 2. The number of methoxy groups -OCH3 is 1. The van der Waals surface area contributed by atoms with Gasteiger partial charge in [-0.05, 0) is 30.4 Å². The largest absolute Gasteiger partial charge is 0.491 e. The highest BCUT2D eigenvalue weighted by Crippen LogP contribution is 2.28. The predicted molar refractivity (Wildman–Crippen MR) is 117 cm³/mol. The highest BCUT2D eigenvalue weighted by molar-refractivity contribution is 6.42. The van der Waals surface area contributed by atoms with Gasteiger partial charge in [0.05, 0.1) is 35.2 Å². The number of halogens is 2. The highest BCUT2D eigenvalue weighted by Gasteiger charge is 2.10. The van der Waals surface area contributed by atoms with E-state index >= 15 is 0 Å². The molecule has 8 nitrogen and oxygen atoms in total. The minimum absolute atomic E-state index is 0.0828. The van der Waals surface area contributed by atoms with Crippen LogP contribution in [0.5, 0.6) is 0 Å². The lowest BCUT2D eigenvalue weighted by Crippen LogP contribution is -2.16. The lowest BCUT2D eigenvalue weighted by Gasteiger charge is -2.07. The van der Waals surface area contributed by atoms with Crippen molar-refractivity contribution < 1.29 is 14.3 Å². The SMILES string of the molecule is CO/C(=C/C=C/c1cc2cc(Cl)c(Cl)cc2[nH]1)C(=O)Nc1cnc(NC(C)=O)nc1. The maximum Gasteiger partial charge on any atom is 0.290 e. The topological polar surface area (TPSA) is 109 Å². The van der Waals surface area contributed by atoms with Crippen LogP contribution in [0, 0.1) is 0 Å². The molecule has 2 aromatic heterocycles. The van der Waals surface area contributed by atoms with Crippen LogP contribution >= 0.6 is 23.2 Å². The Hall–Kier alpha value is -3.36. The van der Waals surface area contributed by atoms with Crippen molar-refractivity contribution in [2.75, 3.05) is 17.7 Å². The first-order valence-corrected chi connectivity index (χ1v) is 9.42. The van der Waals surface area contributed by atoms with Gasteiger partial charge in [-0.3, -0.25) is 14.9 Å². The highest BCUT2D eigenvalue weighted by atomic mass is 35.5. The fourth-order valence-electron chi connectivity index (χ4n) is 2.52. The molecule has 2 amide bonds. The molecule has 3 rings (SSSR count). The summed E-state index contributed by atoms with van der Waals surface area (Å²) < 4.78 is 5.14. The third-order valence-corrected chi connectivity index (χ3v) is 4.57. The van der Waals surface area contributed by atoms with Crippen LogP contribution in [0.2, 0.25) is 10.0 Å². The van der Waals surface area contributed by atoms with Gasteiger partial charge in [-0.15, -0.1) is 0 Å². The minimum Gasteiger partial charge on any atom is -0.491 e. The molecule has 2 heterocycles. The Morgan fingerprint density at radius 3 is 2.47 bits per heavy atom. The normalized spacial score (nSPS) is 11.7. The maximum atomic E-state index is 12.4. The van der Waals surface area contributed by atoms with Gasteiger partial charge in [0.2, 0.25) is 11.9 Å². The number of hydrogen-bond donors (Lipinski definition) is 3. The van der Waals surface area contributed by atoms with Crippen LogP contribution < -0.4 is 10.6 Å². The number of allylic oxidation sites excluding steroid dienone is 2. The Bertz CT molecular complexity index is 1110. The lowest BCUT2D eigenvalue weighted by atomic mass is 10.2. The number of nitrogens with zero attached hydrogens (tertiary/aromatic N) is 2. The van der Waals surface area contributed by atoms with Crippen molar-refractivity contribution in [3.8, 4) is 0 Å². The number of nitrogens with one attached hydrogen (secondary N) is 3. The monoisotopic (exact) mass is 445 g/mol. The summed E-state index contributed by atoms with van der Waals surface area (Å²) in [7, 11) is 1.39. The van der Waals surface area contributed by atoms with E-state index in [2.05, 4.69) is 25.6 Å². The molecule has 0 fully saturated rings. The zero-order valence-corrected chi connectivity index (χ0v) is 17.5. The molecule has 0 aliphatic heterocycles. The first-order chi connectivity index (χ1) is 14.4. The fraction of sp³-hybridized carbons (Fsp3) is 0.100. The van der Waals surface area contributed by atoms with Gasteiger partial charge in [0.15, 0.2) is 5.76 Å². The maximum absolute atomic E-state index is 12.4. The third kappa shape index (κ3) is 5.37. The van der Waals surface area contributed by atoms with Gasteiger partial charge in [0, 0.05) is 23.5 Å². The summed E-state index contributed by atoms with van der Waals surface area (Å²) in [6.07, 6.45) is 7.72. The number of benzene rings is 1. The number of carbonyl (C=O) groups is 2. The summed E-state index contributed by atoms with van der Waals surface area (Å²) >= 11 is 12.1. The summed E-state index contributed by atoms with van der Waals surface area (Å²) in [6, 6.07) is 5.43. The molecule has 1 aromatic carbocycles. The Kier molecular flexibility index (Phi) is 6.71. The van der Waals surface area contributed by atoms with Crippen molar-refractivity contribution in [3.63, 3.8) is 0 Å². The second kappa shape index (κ2) is 9.43. The van der Waals surface area contributed by atoms with E-state index in [0.717, 1.165) is 16.6 Å². The molecular formula is C20H17Cl2N5O3. The summed E-state index contributed by atoms with van der Waals surface area (Å²) in [5, 5.41) is 6.92. The molecule has 30 heavy (non-hydrogen) atoms. The van der Waals surface area contributed by atoms with E-state index in [1.807, 2.05) is 6.07 Å². The molecule has 0 saturated carbocycles. The Morgan fingerprint density at radius 1 is 1.10 bits per heavy atom. The van der Waals surface area contributed by atoms with Crippen LogP contribution in [-0.4, -0.2) is 33.9 Å². The van der Waals surface area contributed by atoms with Gasteiger partial charge < -0.3 is 15.0 Å². The summed E-state index contributed by atoms with van der Waals surface area (Å²) in [5.41, 5.74) is 2.00. The Labute approximate surface area is 182 Å². The number of rotatable bonds is 6. The number of aromatic amines is 1.